The molecule has 0 saturated heterocycles. The second kappa shape index (κ2) is 5.38. The Morgan fingerprint density at radius 1 is 1.26 bits per heavy atom. The fraction of sp³-hybridized carbons (Fsp3) is 0.417. The van der Waals surface area contributed by atoms with E-state index in [0.717, 1.165) is 12.1 Å². The first-order valence-corrected chi connectivity index (χ1v) is 5.76. The summed E-state index contributed by atoms with van der Waals surface area (Å²) in [6.07, 6.45) is 0.0901. The molecule has 0 aromatic heterocycles. The molecule has 1 aliphatic carbocycles. The van der Waals surface area contributed by atoms with E-state index in [1.807, 2.05) is 0 Å². The van der Waals surface area contributed by atoms with E-state index in [1.54, 1.807) is 0 Å². The Morgan fingerprint density at radius 2 is 1.89 bits per heavy atom. The van der Waals surface area contributed by atoms with Crippen LogP contribution in [0.1, 0.15) is 19.3 Å². The third-order valence-corrected chi connectivity index (χ3v) is 2.97. The smallest absolute Gasteiger partial charge is 0.404 e. The van der Waals surface area contributed by atoms with Crippen molar-refractivity contribution in [2.24, 2.45) is 0 Å². The van der Waals surface area contributed by atoms with Crippen LogP contribution in [0.5, 0.6) is 5.75 Å². The molecule has 2 rings (SSSR count). The molecular formula is C12H12F3NO3. The molecule has 2 unspecified atom stereocenters. The molecule has 4 nitrogen and oxygen atoms in total. The van der Waals surface area contributed by atoms with Gasteiger partial charge < -0.3 is 15.2 Å². The molecule has 7 heteroatoms. The Bertz CT molecular complexity index is 472. The zero-order valence-electron chi connectivity index (χ0n) is 9.83. The highest BCUT2D eigenvalue weighted by Gasteiger charge is 2.27. The van der Waals surface area contributed by atoms with Gasteiger partial charge in [0.05, 0.1) is 0 Å². The van der Waals surface area contributed by atoms with Gasteiger partial charge >= 0.3 is 6.09 Å². The van der Waals surface area contributed by atoms with E-state index < -0.39 is 23.5 Å². The van der Waals surface area contributed by atoms with E-state index in [4.69, 9.17) is 9.84 Å². The maximum absolute atomic E-state index is 13.0. The number of hydrogen-bond donors (Lipinski definition) is 2. The van der Waals surface area contributed by atoms with Gasteiger partial charge in [-0.05, 0) is 12.8 Å². The fourth-order valence-corrected chi connectivity index (χ4v) is 2.15. The van der Waals surface area contributed by atoms with Crippen molar-refractivity contribution in [2.75, 3.05) is 0 Å². The minimum Gasteiger partial charge on any atom is -0.490 e. The van der Waals surface area contributed by atoms with Crippen molar-refractivity contribution < 1.29 is 27.8 Å². The zero-order chi connectivity index (χ0) is 14.0. The molecule has 104 valence electrons. The average molecular weight is 275 g/mol. The maximum atomic E-state index is 13.0. The van der Waals surface area contributed by atoms with Crippen molar-refractivity contribution in [3.05, 3.63) is 29.6 Å². The van der Waals surface area contributed by atoms with Crippen molar-refractivity contribution in [3.8, 4) is 5.75 Å². The quantitative estimate of drug-likeness (QED) is 0.834. The summed E-state index contributed by atoms with van der Waals surface area (Å²) in [7, 11) is 0. The lowest BCUT2D eigenvalue weighted by Gasteiger charge is -2.14. The van der Waals surface area contributed by atoms with E-state index in [1.165, 1.54) is 0 Å². The van der Waals surface area contributed by atoms with Gasteiger partial charge in [-0.2, -0.15) is 0 Å². The minimum absolute atomic E-state index is 0.0997. The summed E-state index contributed by atoms with van der Waals surface area (Å²) in [5.41, 5.74) is 0. The molecule has 0 spiro atoms. The molecule has 1 amide bonds. The van der Waals surface area contributed by atoms with Crippen LogP contribution >= 0.6 is 0 Å². The highest BCUT2D eigenvalue weighted by Crippen LogP contribution is 2.26. The largest absolute Gasteiger partial charge is 0.490 e. The number of amides is 1. The first kappa shape index (κ1) is 13.5. The number of hydrogen-bond acceptors (Lipinski definition) is 2. The summed E-state index contributed by atoms with van der Waals surface area (Å²) in [4.78, 5) is 10.5. The van der Waals surface area contributed by atoms with Gasteiger partial charge in [0.25, 0.3) is 0 Å². The summed E-state index contributed by atoms with van der Waals surface area (Å²) in [6, 6.07) is 1.31. The first-order valence-electron chi connectivity index (χ1n) is 5.76. The molecule has 0 bridgehead atoms. The van der Waals surface area contributed by atoms with Gasteiger partial charge in [-0.15, -0.1) is 0 Å². The standard InChI is InChI=1S/C12H12F3NO3/c13-9-4-8(5-10(14)11(9)15)19-7-2-1-6(3-7)16-12(17)18/h4-7,16H,1-3H2,(H,17,18). The summed E-state index contributed by atoms with van der Waals surface area (Å²) < 4.78 is 44.0. The van der Waals surface area contributed by atoms with Crippen molar-refractivity contribution >= 4 is 6.09 Å². The molecule has 0 aliphatic heterocycles. The molecular weight excluding hydrogens is 263 g/mol. The third-order valence-electron chi connectivity index (χ3n) is 2.97. The molecule has 1 aliphatic rings. The predicted octanol–water partition coefficient (Wildman–Crippen LogP) is 2.67. The lowest BCUT2D eigenvalue weighted by atomic mass is 10.2. The molecule has 1 fully saturated rings. The summed E-state index contributed by atoms with van der Waals surface area (Å²) >= 11 is 0. The Labute approximate surface area is 107 Å². The average Bonchev–Trinajstić information content (AvgIpc) is 2.72. The van der Waals surface area contributed by atoms with Gasteiger partial charge in [0.15, 0.2) is 17.5 Å². The Morgan fingerprint density at radius 3 is 2.47 bits per heavy atom. The van der Waals surface area contributed by atoms with Gasteiger partial charge in [-0.25, -0.2) is 18.0 Å². The number of rotatable bonds is 3. The van der Waals surface area contributed by atoms with Crippen molar-refractivity contribution in [1.82, 2.24) is 5.32 Å². The molecule has 0 heterocycles. The van der Waals surface area contributed by atoms with Crippen LogP contribution in [-0.2, 0) is 0 Å². The molecule has 0 radical (unpaired) electrons. The van der Waals surface area contributed by atoms with E-state index in [-0.39, 0.29) is 17.9 Å². The number of ether oxygens (including phenoxy) is 1. The number of halogens is 3. The molecule has 19 heavy (non-hydrogen) atoms. The van der Waals surface area contributed by atoms with Gasteiger partial charge in [0.2, 0.25) is 0 Å². The highest BCUT2D eigenvalue weighted by atomic mass is 19.2. The van der Waals surface area contributed by atoms with E-state index in [9.17, 15) is 18.0 Å². The van der Waals surface area contributed by atoms with Crippen LogP contribution in [0.2, 0.25) is 0 Å². The second-order valence-corrected chi connectivity index (χ2v) is 4.40. The molecule has 2 atom stereocenters. The van der Waals surface area contributed by atoms with Crippen LogP contribution in [-0.4, -0.2) is 23.3 Å². The van der Waals surface area contributed by atoms with Crippen molar-refractivity contribution in [2.45, 2.75) is 31.4 Å². The van der Waals surface area contributed by atoms with Crippen LogP contribution in [0.4, 0.5) is 18.0 Å². The van der Waals surface area contributed by atoms with E-state index in [0.29, 0.717) is 19.3 Å². The van der Waals surface area contributed by atoms with Gasteiger partial charge in [0, 0.05) is 24.6 Å². The highest BCUT2D eigenvalue weighted by molar-refractivity contribution is 5.64. The Kier molecular flexibility index (Phi) is 3.82. The summed E-state index contributed by atoms with van der Waals surface area (Å²) in [5, 5.41) is 10.9. The number of carboxylic acid groups (broad SMARTS) is 1. The Balaban J connectivity index is 1.97. The summed E-state index contributed by atoms with van der Waals surface area (Å²) in [5.74, 6) is -4.26. The minimum atomic E-state index is -1.54. The fourth-order valence-electron chi connectivity index (χ4n) is 2.15. The molecule has 2 N–H and O–H groups in total. The topological polar surface area (TPSA) is 58.6 Å². The van der Waals surface area contributed by atoms with Crippen LogP contribution in [0, 0.1) is 17.5 Å². The van der Waals surface area contributed by atoms with Crippen LogP contribution < -0.4 is 10.1 Å². The van der Waals surface area contributed by atoms with Gasteiger partial charge in [0.1, 0.15) is 11.9 Å². The van der Waals surface area contributed by atoms with E-state index in [2.05, 4.69) is 5.32 Å². The summed E-state index contributed by atoms with van der Waals surface area (Å²) in [6.45, 7) is 0. The normalized spacial score (nSPS) is 22.3. The van der Waals surface area contributed by atoms with Gasteiger partial charge in [-0.3, -0.25) is 0 Å². The monoisotopic (exact) mass is 275 g/mol. The number of carbonyl (C=O) groups is 1. The molecule has 1 aromatic rings. The lowest BCUT2D eigenvalue weighted by molar-refractivity contribution is 0.185. The van der Waals surface area contributed by atoms with Crippen LogP contribution in [0.25, 0.3) is 0 Å². The maximum Gasteiger partial charge on any atom is 0.404 e. The lowest BCUT2D eigenvalue weighted by Crippen LogP contribution is -2.32. The number of benzene rings is 1. The molecule has 1 saturated carbocycles. The van der Waals surface area contributed by atoms with Gasteiger partial charge in [-0.1, -0.05) is 0 Å². The van der Waals surface area contributed by atoms with Crippen LogP contribution in [0.3, 0.4) is 0 Å². The second-order valence-electron chi connectivity index (χ2n) is 4.40. The Hall–Kier alpha value is -1.92. The number of nitrogens with one attached hydrogen (secondary N) is 1. The SMILES string of the molecule is O=C(O)NC1CCC(Oc2cc(F)c(F)c(F)c2)C1. The van der Waals surface area contributed by atoms with E-state index >= 15 is 0 Å². The van der Waals surface area contributed by atoms with Crippen LogP contribution in [0.15, 0.2) is 12.1 Å². The van der Waals surface area contributed by atoms with Crippen molar-refractivity contribution in [1.29, 1.82) is 0 Å². The predicted molar refractivity (Wildman–Crippen MR) is 59.5 cm³/mol. The molecule has 1 aromatic carbocycles. The zero-order valence-corrected chi connectivity index (χ0v) is 9.83. The first-order chi connectivity index (χ1) is 8.95. The van der Waals surface area contributed by atoms with Crippen molar-refractivity contribution in [3.63, 3.8) is 0 Å². The third kappa shape index (κ3) is 3.30.